The van der Waals surface area contributed by atoms with Gasteiger partial charge < -0.3 is 19.0 Å². The molecule has 1 aliphatic heterocycles. The summed E-state index contributed by atoms with van der Waals surface area (Å²) in [4.78, 5) is 2.42. The minimum Gasteiger partial charge on any atom is -0.497 e. The van der Waals surface area contributed by atoms with Crippen LogP contribution in [-0.2, 0) is 6.54 Å². The van der Waals surface area contributed by atoms with Crippen molar-refractivity contribution in [3.05, 3.63) is 47.9 Å². The van der Waals surface area contributed by atoms with E-state index in [1.54, 1.807) is 20.5 Å². The Bertz CT molecular complexity index is 619. The standard InChI is InChI=1S/C19H25NO4/c1-22-16-9-14(10-17(12-16)23-2)13-20-7-3-5-15(20)11-18(21)19-6-4-8-24-19/h4,6,8-10,12,15,18,21H,3,5,7,11,13H2,1-2H3. The number of aliphatic hydroxyl groups is 1. The summed E-state index contributed by atoms with van der Waals surface area (Å²) in [6, 6.07) is 9.96. The summed E-state index contributed by atoms with van der Waals surface area (Å²) in [6.07, 6.45) is 3.99. The van der Waals surface area contributed by atoms with Crippen molar-refractivity contribution < 1.29 is 19.0 Å². The van der Waals surface area contributed by atoms with Crippen LogP contribution in [0.25, 0.3) is 0 Å². The number of methoxy groups -OCH3 is 2. The Morgan fingerprint density at radius 3 is 2.62 bits per heavy atom. The van der Waals surface area contributed by atoms with E-state index in [4.69, 9.17) is 13.9 Å². The van der Waals surface area contributed by atoms with Crippen LogP contribution >= 0.6 is 0 Å². The molecule has 2 atom stereocenters. The molecule has 0 amide bonds. The molecule has 5 nitrogen and oxygen atoms in total. The van der Waals surface area contributed by atoms with E-state index in [0.29, 0.717) is 18.2 Å². The molecule has 1 fully saturated rings. The van der Waals surface area contributed by atoms with Gasteiger partial charge in [-0.1, -0.05) is 0 Å². The molecule has 1 saturated heterocycles. The Labute approximate surface area is 142 Å². The van der Waals surface area contributed by atoms with Gasteiger partial charge in [0.25, 0.3) is 0 Å². The van der Waals surface area contributed by atoms with E-state index in [9.17, 15) is 5.11 Å². The van der Waals surface area contributed by atoms with Crippen LogP contribution in [0.2, 0.25) is 0 Å². The third kappa shape index (κ3) is 3.91. The first kappa shape index (κ1) is 16.9. The van der Waals surface area contributed by atoms with Crippen molar-refractivity contribution in [2.75, 3.05) is 20.8 Å². The summed E-state index contributed by atoms with van der Waals surface area (Å²) in [5.41, 5.74) is 1.16. The zero-order valence-electron chi connectivity index (χ0n) is 14.3. The zero-order valence-corrected chi connectivity index (χ0v) is 14.3. The van der Waals surface area contributed by atoms with Gasteiger partial charge in [0.2, 0.25) is 0 Å². The maximum absolute atomic E-state index is 10.4. The quantitative estimate of drug-likeness (QED) is 0.843. The third-order valence-corrected chi connectivity index (χ3v) is 4.66. The minimum atomic E-state index is -0.551. The largest absolute Gasteiger partial charge is 0.497 e. The molecule has 0 saturated carbocycles. The number of aliphatic hydroxyl groups excluding tert-OH is 1. The maximum Gasteiger partial charge on any atom is 0.132 e. The van der Waals surface area contributed by atoms with Crippen LogP contribution < -0.4 is 9.47 Å². The van der Waals surface area contributed by atoms with Gasteiger partial charge in [0.15, 0.2) is 0 Å². The lowest BCUT2D eigenvalue weighted by atomic mass is 10.0. The average molecular weight is 331 g/mol. The number of likely N-dealkylation sites (tertiary alicyclic amines) is 1. The third-order valence-electron chi connectivity index (χ3n) is 4.66. The first-order chi connectivity index (χ1) is 11.7. The molecule has 3 rings (SSSR count). The highest BCUT2D eigenvalue weighted by molar-refractivity contribution is 5.38. The van der Waals surface area contributed by atoms with Gasteiger partial charge in [0.1, 0.15) is 23.4 Å². The first-order valence-electron chi connectivity index (χ1n) is 8.37. The minimum absolute atomic E-state index is 0.349. The number of ether oxygens (including phenoxy) is 2. The van der Waals surface area contributed by atoms with E-state index in [2.05, 4.69) is 4.90 Å². The number of hydrogen-bond donors (Lipinski definition) is 1. The normalized spacial score (nSPS) is 19.4. The van der Waals surface area contributed by atoms with E-state index >= 15 is 0 Å². The highest BCUT2D eigenvalue weighted by atomic mass is 16.5. The van der Waals surface area contributed by atoms with Crippen LogP contribution in [0.3, 0.4) is 0 Å². The van der Waals surface area contributed by atoms with E-state index in [0.717, 1.165) is 43.0 Å². The van der Waals surface area contributed by atoms with Crippen molar-refractivity contribution >= 4 is 0 Å². The molecule has 0 spiro atoms. The smallest absolute Gasteiger partial charge is 0.132 e. The van der Waals surface area contributed by atoms with Gasteiger partial charge in [-0.2, -0.15) is 0 Å². The van der Waals surface area contributed by atoms with Crippen LogP contribution in [0.15, 0.2) is 41.0 Å². The summed E-state index contributed by atoms with van der Waals surface area (Å²) in [7, 11) is 3.33. The lowest BCUT2D eigenvalue weighted by molar-refractivity contribution is 0.0995. The van der Waals surface area contributed by atoms with Crippen LogP contribution in [0.1, 0.15) is 36.7 Å². The van der Waals surface area contributed by atoms with Gasteiger partial charge in [-0.3, -0.25) is 4.90 Å². The van der Waals surface area contributed by atoms with Crippen molar-refractivity contribution in [1.29, 1.82) is 0 Å². The van der Waals surface area contributed by atoms with Gasteiger partial charge >= 0.3 is 0 Å². The van der Waals surface area contributed by atoms with Gasteiger partial charge in [-0.25, -0.2) is 0 Å². The second-order valence-electron chi connectivity index (χ2n) is 6.25. The second kappa shape index (κ2) is 7.73. The van der Waals surface area contributed by atoms with Crippen molar-refractivity contribution in [1.82, 2.24) is 4.90 Å². The molecular weight excluding hydrogens is 306 g/mol. The Kier molecular flexibility index (Phi) is 5.43. The fraction of sp³-hybridized carbons (Fsp3) is 0.474. The van der Waals surface area contributed by atoms with Crippen molar-refractivity contribution in [2.24, 2.45) is 0 Å². The van der Waals surface area contributed by atoms with Crippen molar-refractivity contribution in [2.45, 2.75) is 38.0 Å². The van der Waals surface area contributed by atoms with Crippen LogP contribution in [-0.4, -0.2) is 36.8 Å². The molecule has 5 heteroatoms. The molecule has 2 unspecified atom stereocenters. The van der Waals surface area contributed by atoms with Crippen LogP contribution in [0.5, 0.6) is 11.5 Å². The van der Waals surface area contributed by atoms with E-state index in [1.165, 1.54) is 0 Å². The van der Waals surface area contributed by atoms with Crippen LogP contribution in [0, 0.1) is 0 Å². The van der Waals surface area contributed by atoms with Crippen molar-refractivity contribution in [3.8, 4) is 11.5 Å². The molecule has 0 bridgehead atoms. The molecule has 130 valence electrons. The van der Waals surface area contributed by atoms with E-state index in [-0.39, 0.29) is 0 Å². The number of furan rings is 1. The fourth-order valence-corrected chi connectivity index (χ4v) is 3.42. The molecular formula is C19H25NO4. The van der Waals surface area contributed by atoms with Crippen molar-refractivity contribution in [3.63, 3.8) is 0 Å². The van der Waals surface area contributed by atoms with Crippen LogP contribution in [0.4, 0.5) is 0 Å². The lowest BCUT2D eigenvalue weighted by Crippen LogP contribution is -2.30. The number of nitrogens with zero attached hydrogens (tertiary/aromatic N) is 1. The molecule has 0 aliphatic carbocycles. The Balaban J connectivity index is 1.67. The molecule has 1 aromatic carbocycles. The molecule has 0 radical (unpaired) electrons. The highest BCUT2D eigenvalue weighted by Gasteiger charge is 2.28. The molecule has 1 aliphatic rings. The van der Waals surface area contributed by atoms with E-state index < -0.39 is 6.10 Å². The molecule has 2 aromatic rings. The van der Waals surface area contributed by atoms with E-state index in [1.807, 2.05) is 30.3 Å². The summed E-state index contributed by atoms with van der Waals surface area (Å²) >= 11 is 0. The van der Waals surface area contributed by atoms with Gasteiger partial charge in [-0.15, -0.1) is 0 Å². The topological polar surface area (TPSA) is 55.1 Å². The maximum atomic E-state index is 10.4. The molecule has 2 heterocycles. The average Bonchev–Trinajstić information content (AvgIpc) is 3.27. The summed E-state index contributed by atoms with van der Waals surface area (Å²) in [5, 5.41) is 10.4. The Hall–Kier alpha value is -1.98. The highest BCUT2D eigenvalue weighted by Crippen LogP contribution is 2.30. The monoisotopic (exact) mass is 331 g/mol. The fourth-order valence-electron chi connectivity index (χ4n) is 3.42. The summed E-state index contributed by atoms with van der Waals surface area (Å²) in [5.74, 6) is 2.25. The zero-order chi connectivity index (χ0) is 16.9. The summed E-state index contributed by atoms with van der Waals surface area (Å²) in [6.45, 7) is 1.86. The van der Waals surface area contributed by atoms with Gasteiger partial charge in [0.05, 0.1) is 20.5 Å². The molecule has 1 aromatic heterocycles. The predicted octanol–water partition coefficient (Wildman–Crippen LogP) is 3.38. The second-order valence-corrected chi connectivity index (χ2v) is 6.25. The van der Waals surface area contributed by atoms with Gasteiger partial charge in [-0.05, 0) is 55.6 Å². The number of benzene rings is 1. The first-order valence-corrected chi connectivity index (χ1v) is 8.37. The number of hydrogen-bond acceptors (Lipinski definition) is 5. The Morgan fingerprint density at radius 1 is 1.25 bits per heavy atom. The molecule has 1 N–H and O–H groups in total. The summed E-state index contributed by atoms with van der Waals surface area (Å²) < 4.78 is 16.0. The molecule has 24 heavy (non-hydrogen) atoms. The SMILES string of the molecule is COc1cc(CN2CCCC2CC(O)c2ccco2)cc(OC)c1. The predicted molar refractivity (Wildman–Crippen MR) is 91.3 cm³/mol. The van der Waals surface area contributed by atoms with Gasteiger partial charge in [0, 0.05) is 18.7 Å². The number of rotatable bonds is 7. The Morgan fingerprint density at radius 2 is 2.00 bits per heavy atom. The lowest BCUT2D eigenvalue weighted by Gasteiger charge is -2.26.